The van der Waals surface area contributed by atoms with Gasteiger partial charge in [-0.2, -0.15) is 0 Å². The van der Waals surface area contributed by atoms with Crippen molar-refractivity contribution in [1.29, 1.82) is 0 Å². The van der Waals surface area contributed by atoms with E-state index in [4.69, 9.17) is 9.90 Å². The first-order chi connectivity index (χ1) is 6.61. The number of carboxylic acid groups (broad SMARTS) is 1. The van der Waals surface area contributed by atoms with E-state index in [-0.39, 0.29) is 0 Å². The predicted molar refractivity (Wildman–Crippen MR) is 59.2 cm³/mol. The Kier molecular flexibility index (Phi) is 6.12. The average Bonchev–Trinajstić information content (AvgIpc) is 2.17. The van der Waals surface area contributed by atoms with Crippen LogP contribution < -0.4 is 0 Å². The molecule has 0 aliphatic rings. The molecule has 0 fully saturated rings. The average molecular weight is 192 g/mol. The maximum atomic E-state index is 9.00. The number of aliphatic carboxylic acids is 1. The third-order valence-electron chi connectivity index (χ3n) is 1.66. The van der Waals surface area contributed by atoms with E-state index in [1.807, 2.05) is 12.1 Å². The summed E-state index contributed by atoms with van der Waals surface area (Å²) in [6.07, 6.45) is 2.99. The third-order valence-corrected chi connectivity index (χ3v) is 1.66. The first-order valence-electron chi connectivity index (χ1n) is 4.51. The second kappa shape index (κ2) is 6.89. The van der Waals surface area contributed by atoms with Crippen LogP contribution in [0.15, 0.2) is 30.8 Å². The van der Waals surface area contributed by atoms with Crippen molar-refractivity contribution in [3.63, 3.8) is 0 Å². The molecule has 2 nitrogen and oxygen atoms in total. The van der Waals surface area contributed by atoms with Crippen molar-refractivity contribution >= 4 is 12.0 Å². The lowest BCUT2D eigenvalue weighted by atomic mass is 10.1. The van der Waals surface area contributed by atoms with Gasteiger partial charge in [0.15, 0.2) is 0 Å². The predicted octanol–water partition coefficient (Wildman–Crippen LogP) is 2.98. The number of hydrogen-bond donors (Lipinski definition) is 1. The van der Waals surface area contributed by atoms with Gasteiger partial charge in [-0.3, -0.25) is 4.79 Å². The Morgan fingerprint density at radius 1 is 1.50 bits per heavy atom. The first-order valence-corrected chi connectivity index (χ1v) is 4.51. The van der Waals surface area contributed by atoms with Gasteiger partial charge in [-0.15, -0.1) is 0 Å². The molecule has 0 atom stereocenters. The molecule has 0 saturated carbocycles. The van der Waals surface area contributed by atoms with E-state index in [1.54, 1.807) is 0 Å². The monoisotopic (exact) mass is 192 g/mol. The fourth-order valence-corrected chi connectivity index (χ4v) is 1.06. The summed E-state index contributed by atoms with van der Waals surface area (Å²) in [4.78, 5) is 9.00. The third kappa shape index (κ3) is 5.14. The second-order valence-corrected chi connectivity index (χ2v) is 2.78. The summed E-state index contributed by atoms with van der Waals surface area (Å²) in [5.74, 6) is -0.833. The lowest BCUT2D eigenvalue weighted by Crippen LogP contribution is -1.83. The molecule has 2 heteroatoms. The number of hydrogen-bond acceptors (Lipinski definition) is 1. The minimum atomic E-state index is -0.833. The van der Waals surface area contributed by atoms with Crippen LogP contribution >= 0.6 is 0 Å². The van der Waals surface area contributed by atoms with Gasteiger partial charge in [-0.05, 0) is 17.5 Å². The Morgan fingerprint density at radius 3 is 2.36 bits per heavy atom. The van der Waals surface area contributed by atoms with Crippen LogP contribution in [0.1, 0.15) is 25.0 Å². The molecule has 1 N–H and O–H groups in total. The fourth-order valence-electron chi connectivity index (χ4n) is 1.06. The lowest BCUT2D eigenvalue weighted by Gasteiger charge is -1.99. The van der Waals surface area contributed by atoms with Crippen molar-refractivity contribution in [2.75, 3.05) is 0 Å². The van der Waals surface area contributed by atoms with E-state index >= 15 is 0 Å². The van der Waals surface area contributed by atoms with Crippen LogP contribution in [-0.2, 0) is 11.2 Å². The summed E-state index contributed by atoms with van der Waals surface area (Å²) in [6, 6.07) is 8.32. The number of carboxylic acids is 1. The van der Waals surface area contributed by atoms with Gasteiger partial charge in [0.05, 0.1) is 0 Å². The van der Waals surface area contributed by atoms with Crippen LogP contribution in [0.3, 0.4) is 0 Å². The number of carbonyl (C=O) groups is 1. The van der Waals surface area contributed by atoms with E-state index in [1.165, 1.54) is 11.1 Å². The molecule has 1 aromatic rings. The highest BCUT2D eigenvalue weighted by molar-refractivity contribution is 5.62. The molecule has 0 aromatic heterocycles. The summed E-state index contributed by atoms with van der Waals surface area (Å²) in [7, 11) is 0. The maximum absolute atomic E-state index is 9.00. The Morgan fingerprint density at radius 2 is 2.00 bits per heavy atom. The molecule has 0 heterocycles. The Balaban J connectivity index is 0.000000364. The summed E-state index contributed by atoms with van der Waals surface area (Å²) in [5.41, 5.74) is 2.63. The van der Waals surface area contributed by atoms with Gasteiger partial charge in [0, 0.05) is 6.92 Å². The molecule has 0 aliphatic carbocycles. The highest BCUT2D eigenvalue weighted by Crippen LogP contribution is 2.09. The molecule has 0 bridgehead atoms. The second-order valence-electron chi connectivity index (χ2n) is 2.78. The van der Waals surface area contributed by atoms with Gasteiger partial charge < -0.3 is 5.11 Å². The molecule has 76 valence electrons. The fraction of sp³-hybridized carbons (Fsp3) is 0.250. The summed E-state index contributed by atoms with van der Waals surface area (Å²) in [6.45, 7) is 6.98. The first kappa shape index (κ1) is 12.4. The van der Waals surface area contributed by atoms with Crippen LogP contribution in [0.5, 0.6) is 0 Å². The van der Waals surface area contributed by atoms with Crippen molar-refractivity contribution < 1.29 is 9.90 Å². The smallest absolute Gasteiger partial charge is 0.300 e. The molecule has 0 unspecified atom stereocenters. The zero-order valence-corrected chi connectivity index (χ0v) is 8.66. The SMILES string of the molecule is C=Cc1ccccc1CC.CC(=O)O. The van der Waals surface area contributed by atoms with Crippen molar-refractivity contribution in [3.05, 3.63) is 42.0 Å². The Hall–Kier alpha value is -1.57. The quantitative estimate of drug-likeness (QED) is 0.782. The zero-order chi connectivity index (χ0) is 11.0. The van der Waals surface area contributed by atoms with Crippen molar-refractivity contribution in [3.8, 4) is 0 Å². The molecule has 14 heavy (non-hydrogen) atoms. The van der Waals surface area contributed by atoms with Crippen LogP contribution in [0, 0.1) is 0 Å². The van der Waals surface area contributed by atoms with E-state index in [0.717, 1.165) is 13.3 Å². The zero-order valence-electron chi connectivity index (χ0n) is 8.66. The molecule has 0 amide bonds. The normalized spacial score (nSPS) is 8.43. The van der Waals surface area contributed by atoms with Crippen molar-refractivity contribution in [2.24, 2.45) is 0 Å². The van der Waals surface area contributed by atoms with Crippen molar-refractivity contribution in [2.45, 2.75) is 20.3 Å². The number of rotatable bonds is 2. The maximum Gasteiger partial charge on any atom is 0.300 e. The molecule has 1 rings (SSSR count). The van der Waals surface area contributed by atoms with E-state index in [2.05, 4.69) is 31.7 Å². The van der Waals surface area contributed by atoms with E-state index in [0.29, 0.717) is 0 Å². The van der Waals surface area contributed by atoms with Crippen molar-refractivity contribution in [1.82, 2.24) is 0 Å². The molecular weight excluding hydrogens is 176 g/mol. The van der Waals surface area contributed by atoms with Gasteiger partial charge in [-0.25, -0.2) is 0 Å². The van der Waals surface area contributed by atoms with Gasteiger partial charge in [0.2, 0.25) is 0 Å². The topological polar surface area (TPSA) is 37.3 Å². The molecular formula is C12H16O2. The summed E-state index contributed by atoms with van der Waals surface area (Å²) >= 11 is 0. The van der Waals surface area contributed by atoms with Gasteiger partial charge in [0.25, 0.3) is 5.97 Å². The van der Waals surface area contributed by atoms with E-state index in [9.17, 15) is 0 Å². The minimum absolute atomic E-state index is 0.833. The highest BCUT2D eigenvalue weighted by Gasteiger charge is 1.91. The van der Waals surface area contributed by atoms with Crippen LogP contribution in [0.25, 0.3) is 6.08 Å². The van der Waals surface area contributed by atoms with Crippen LogP contribution in [0.2, 0.25) is 0 Å². The number of aryl methyl sites for hydroxylation is 1. The summed E-state index contributed by atoms with van der Waals surface area (Å²) < 4.78 is 0. The lowest BCUT2D eigenvalue weighted by molar-refractivity contribution is -0.134. The Bertz CT molecular complexity index is 299. The largest absolute Gasteiger partial charge is 0.481 e. The van der Waals surface area contributed by atoms with E-state index < -0.39 is 5.97 Å². The highest BCUT2D eigenvalue weighted by atomic mass is 16.4. The molecule has 0 aliphatic heterocycles. The standard InChI is InChI=1S/C10H12.C2H4O2/c1-3-9-7-5-6-8-10(9)4-2;1-2(3)4/h3,5-8H,1,4H2,2H3;1H3,(H,3,4). The Labute approximate surface area is 84.9 Å². The van der Waals surface area contributed by atoms with Gasteiger partial charge in [-0.1, -0.05) is 43.8 Å². The van der Waals surface area contributed by atoms with Gasteiger partial charge >= 0.3 is 0 Å². The summed E-state index contributed by atoms with van der Waals surface area (Å²) in [5, 5.41) is 7.42. The molecule has 0 spiro atoms. The van der Waals surface area contributed by atoms with Crippen LogP contribution in [0.4, 0.5) is 0 Å². The molecule has 0 saturated heterocycles. The minimum Gasteiger partial charge on any atom is -0.481 e. The van der Waals surface area contributed by atoms with Crippen LogP contribution in [-0.4, -0.2) is 11.1 Å². The number of benzene rings is 1. The van der Waals surface area contributed by atoms with Gasteiger partial charge in [0.1, 0.15) is 0 Å². The molecule has 0 radical (unpaired) electrons. The molecule has 1 aromatic carbocycles.